The third-order valence-corrected chi connectivity index (χ3v) is 3.06. The Hall–Kier alpha value is -1.41. The monoisotopic (exact) mass is 249 g/mol. The first-order valence-corrected chi connectivity index (χ1v) is 6.14. The van der Waals surface area contributed by atoms with Gasteiger partial charge in [-0.1, -0.05) is 24.6 Å². The first-order valence-electron chi connectivity index (χ1n) is 5.76. The van der Waals surface area contributed by atoms with Crippen molar-refractivity contribution in [2.75, 3.05) is 5.32 Å². The highest BCUT2D eigenvalue weighted by Crippen LogP contribution is 2.28. The number of rotatable bonds is 4. The van der Waals surface area contributed by atoms with Crippen LogP contribution in [0.25, 0.3) is 0 Å². The van der Waals surface area contributed by atoms with Crippen LogP contribution in [0.4, 0.5) is 5.69 Å². The highest BCUT2D eigenvalue weighted by molar-refractivity contribution is 6.33. The Morgan fingerprint density at radius 2 is 2.18 bits per heavy atom. The SMILES string of the molecule is CCC(Nc1ccc(C)cc1Cl)c1ccco1. The minimum Gasteiger partial charge on any atom is -0.467 e. The molecule has 1 unspecified atom stereocenters. The zero-order chi connectivity index (χ0) is 12.3. The molecule has 2 rings (SSSR count). The van der Waals surface area contributed by atoms with Crippen LogP contribution in [-0.4, -0.2) is 0 Å². The molecule has 0 spiro atoms. The lowest BCUT2D eigenvalue weighted by Gasteiger charge is -2.17. The van der Waals surface area contributed by atoms with Gasteiger partial charge in [-0.2, -0.15) is 0 Å². The standard InChI is InChI=1S/C14H16ClNO/c1-3-12(14-5-4-8-17-14)16-13-7-6-10(2)9-11(13)15/h4-9,12,16H,3H2,1-2H3. The number of hydrogen-bond acceptors (Lipinski definition) is 2. The van der Waals surface area contributed by atoms with Crippen LogP contribution < -0.4 is 5.32 Å². The number of aryl methyl sites for hydroxylation is 1. The van der Waals surface area contributed by atoms with Gasteiger partial charge in [0.05, 0.1) is 23.0 Å². The molecule has 1 heterocycles. The van der Waals surface area contributed by atoms with E-state index in [1.54, 1.807) is 6.26 Å². The second-order valence-corrected chi connectivity index (χ2v) is 4.51. The van der Waals surface area contributed by atoms with E-state index in [-0.39, 0.29) is 6.04 Å². The molecule has 0 aliphatic heterocycles. The second-order valence-electron chi connectivity index (χ2n) is 4.10. The van der Waals surface area contributed by atoms with E-state index >= 15 is 0 Å². The summed E-state index contributed by atoms with van der Waals surface area (Å²) in [6.45, 7) is 4.14. The molecular formula is C14H16ClNO. The summed E-state index contributed by atoms with van der Waals surface area (Å²) in [5.41, 5.74) is 2.10. The van der Waals surface area contributed by atoms with Crippen LogP contribution >= 0.6 is 11.6 Å². The number of anilines is 1. The summed E-state index contributed by atoms with van der Waals surface area (Å²) in [5.74, 6) is 0.934. The topological polar surface area (TPSA) is 25.2 Å². The minimum absolute atomic E-state index is 0.158. The van der Waals surface area contributed by atoms with E-state index in [0.717, 1.165) is 28.5 Å². The van der Waals surface area contributed by atoms with E-state index in [0.29, 0.717) is 0 Å². The smallest absolute Gasteiger partial charge is 0.125 e. The molecule has 1 atom stereocenters. The van der Waals surface area contributed by atoms with Gasteiger partial charge in [-0.05, 0) is 43.2 Å². The van der Waals surface area contributed by atoms with Crippen molar-refractivity contribution >= 4 is 17.3 Å². The highest BCUT2D eigenvalue weighted by atomic mass is 35.5. The van der Waals surface area contributed by atoms with E-state index in [1.807, 2.05) is 37.3 Å². The van der Waals surface area contributed by atoms with Gasteiger partial charge >= 0.3 is 0 Å². The quantitative estimate of drug-likeness (QED) is 0.842. The molecule has 3 heteroatoms. The Morgan fingerprint density at radius 3 is 2.76 bits per heavy atom. The van der Waals surface area contributed by atoms with Gasteiger partial charge in [-0.15, -0.1) is 0 Å². The normalized spacial score (nSPS) is 12.4. The summed E-state index contributed by atoms with van der Waals surface area (Å²) in [4.78, 5) is 0. The third-order valence-electron chi connectivity index (χ3n) is 2.75. The Bertz CT molecular complexity index is 479. The molecule has 0 aliphatic rings. The molecule has 0 saturated heterocycles. The van der Waals surface area contributed by atoms with Crippen LogP contribution in [0.5, 0.6) is 0 Å². The van der Waals surface area contributed by atoms with Crippen molar-refractivity contribution in [3.63, 3.8) is 0 Å². The lowest BCUT2D eigenvalue weighted by molar-refractivity contribution is 0.474. The maximum Gasteiger partial charge on any atom is 0.125 e. The summed E-state index contributed by atoms with van der Waals surface area (Å²) in [5, 5.41) is 4.15. The Balaban J connectivity index is 2.19. The maximum atomic E-state index is 6.20. The predicted molar refractivity (Wildman–Crippen MR) is 71.6 cm³/mol. The second kappa shape index (κ2) is 5.28. The molecular weight excluding hydrogens is 234 g/mol. The number of benzene rings is 1. The average molecular weight is 250 g/mol. The van der Waals surface area contributed by atoms with Crippen LogP contribution in [0.15, 0.2) is 41.0 Å². The fourth-order valence-electron chi connectivity index (χ4n) is 1.79. The third kappa shape index (κ3) is 2.83. The number of nitrogens with one attached hydrogen (secondary N) is 1. The zero-order valence-corrected chi connectivity index (χ0v) is 10.8. The highest BCUT2D eigenvalue weighted by Gasteiger charge is 2.13. The minimum atomic E-state index is 0.158. The van der Waals surface area contributed by atoms with Crippen molar-refractivity contribution in [2.45, 2.75) is 26.3 Å². The van der Waals surface area contributed by atoms with E-state index in [9.17, 15) is 0 Å². The zero-order valence-electron chi connectivity index (χ0n) is 10.0. The summed E-state index contributed by atoms with van der Waals surface area (Å²) < 4.78 is 5.42. The molecule has 2 nitrogen and oxygen atoms in total. The van der Waals surface area contributed by atoms with Crippen molar-refractivity contribution in [3.8, 4) is 0 Å². The van der Waals surface area contributed by atoms with Gasteiger partial charge in [-0.25, -0.2) is 0 Å². The van der Waals surface area contributed by atoms with Crippen molar-refractivity contribution < 1.29 is 4.42 Å². The first-order chi connectivity index (χ1) is 8.20. The maximum absolute atomic E-state index is 6.20. The molecule has 0 radical (unpaired) electrons. The van der Waals surface area contributed by atoms with E-state index in [2.05, 4.69) is 12.2 Å². The van der Waals surface area contributed by atoms with Gasteiger partial charge in [0.25, 0.3) is 0 Å². The largest absolute Gasteiger partial charge is 0.467 e. The number of halogens is 1. The summed E-state index contributed by atoms with van der Waals surface area (Å²) in [6, 6.07) is 10.0. The van der Waals surface area contributed by atoms with Crippen LogP contribution in [0.3, 0.4) is 0 Å². The average Bonchev–Trinajstić information content (AvgIpc) is 2.81. The number of hydrogen-bond donors (Lipinski definition) is 1. The van der Waals surface area contributed by atoms with E-state index < -0.39 is 0 Å². The van der Waals surface area contributed by atoms with Gasteiger partial charge in [0.1, 0.15) is 5.76 Å². The molecule has 0 saturated carbocycles. The molecule has 0 amide bonds. The van der Waals surface area contributed by atoms with Crippen LogP contribution in [0.1, 0.15) is 30.7 Å². The fourth-order valence-corrected chi connectivity index (χ4v) is 2.08. The molecule has 0 bridgehead atoms. The number of furan rings is 1. The first kappa shape index (κ1) is 12.1. The Kier molecular flexibility index (Phi) is 3.75. The molecule has 0 aliphatic carbocycles. The summed E-state index contributed by atoms with van der Waals surface area (Å²) in [7, 11) is 0. The molecule has 2 aromatic rings. The molecule has 0 fully saturated rings. The van der Waals surface area contributed by atoms with Crippen molar-refractivity contribution in [2.24, 2.45) is 0 Å². The van der Waals surface area contributed by atoms with Crippen LogP contribution in [-0.2, 0) is 0 Å². The Morgan fingerprint density at radius 1 is 1.35 bits per heavy atom. The summed E-state index contributed by atoms with van der Waals surface area (Å²) in [6.07, 6.45) is 2.63. The van der Waals surface area contributed by atoms with Crippen molar-refractivity contribution in [1.29, 1.82) is 0 Å². The van der Waals surface area contributed by atoms with Crippen LogP contribution in [0, 0.1) is 6.92 Å². The fraction of sp³-hybridized carbons (Fsp3) is 0.286. The van der Waals surface area contributed by atoms with Gasteiger partial charge in [0, 0.05) is 0 Å². The molecule has 1 aromatic carbocycles. The molecule has 1 aromatic heterocycles. The molecule has 17 heavy (non-hydrogen) atoms. The van der Waals surface area contributed by atoms with Gasteiger partial charge in [-0.3, -0.25) is 0 Å². The van der Waals surface area contributed by atoms with Crippen molar-refractivity contribution in [3.05, 3.63) is 52.9 Å². The molecule has 1 N–H and O–H groups in total. The summed E-state index contributed by atoms with van der Waals surface area (Å²) >= 11 is 6.20. The van der Waals surface area contributed by atoms with E-state index in [4.69, 9.17) is 16.0 Å². The Labute approximate surface area is 107 Å². The van der Waals surface area contributed by atoms with Gasteiger partial charge in [0.15, 0.2) is 0 Å². The predicted octanol–water partition coefficient (Wildman–Crippen LogP) is 4.80. The van der Waals surface area contributed by atoms with E-state index in [1.165, 1.54) is 0 Å². The molecule has 90 valence electrons. The van der Waals surface area contributed by atoms with Gasteiger partial charge < -0.3 is 9.73 Å². The van der Waals surface area contributed by atoms with Crippen LogP contribution in [0.2, 0.25) is 5.02 Å². The van der Waals surface area contributed by atoms with Gasteiger partial charge in [0.2, 0.25) is 0 Å². The lowest BCUT2D eigenvalue weighted by Crippen LogP contribution is -2.09. The van der Waals surface area contributed by atoms with Crippen molar-refractivity contribution in [1.82, 2.24) is 0 Å². The lowest BCUT2D eigenvalue weighted by atomic mass is 10.1.